The van der Waals surface area contributed by atoms with Crippen LogP contribution in [0.15, 0.2) is 84.0 Å². The molecule has 0 atom stereocenters. The molecule has 160 valence electrons. The molecular formula is C23H18FN5O2S. The Labute approximate surface area is 187 Å². The zero-order valence-corrected chi connectivity index (χ0v) is 17.5. The lowest BCUT2D eigenvalue weighted by Gasteiger charge is -2.11. The summed E-state index contributed by atoms with van der Waals surface area (Å²) in [6.07, 6.45) is 0. The van der Waals surface area contributed by atoms with E-state index < -0.39 is 5.82 Å². The Morgan fingerprint density at radius 3 is 2.44 bits per heavy atom. The minimum Gasteiger partial charge on any atom is -0.325 e. The van der Waals surface area contributed by atoms with Gasteiger partial charge in [-0.3, -0.25) is 14.7 Å². The van der Waals surface area contributed by atoms with E-state index in [9.17, 15) is 14.0 Å². The van der Waals surface area contributed by atoms with Crippen molar-refractivity contribution in [3.63, 3.8) is 0 Å². The van der Waals surface area contributed by atoms with Gasteiger partial charge in [0.1, 0.15) is 5.82 Å². The van der Waals surface area contributed by atoms with Crippen molar-refractivity contribution < 1.29 is 14.0 Å². The van der Waals surface area contributed by atoms with Crippen molar-refractivity contribution in [1.82, 2.24) is 15.2 Å². The van der Waals surface area contributed by atoms with Crippen molar-refractivity contribution in [2.75, 3.05) is 16.4 Å². The molecule has 2 amide bonds. The number of carbonyl (C=O) groups is 2. The fourth-order valence-electron chi connectivity index (χ4n) is 2.91. The van der Waals surface area contributed by atoms with E-state index in [0.717, 1.165) is 11.8 Å². The molecule has 7 nitrogen and oxygen atoms in total. The maximum Gasteiger partial charge on any atom is 0.257 e. The molecule has 0 aliphatic carbocycles. The number of nitrogens with zero attached hydrogens (tertiary/aromatic N) is 2. The average Bonchev–Trinajstić information content (AvgIpc) is 3.28. The van der Waals surface area contributed by atoms with E-state index >= 15 is 0 Å². The molecule has 0 fully saturated rings. The summed E-state index contributed by atoms with van der Waals surface area (Å²) in [7, 11) is 0. The van der Waals surface area contributed by atoms with Gasteiger partial charge < -0.3 is 10.6 Å². The number of aromatic nitrogens is 3. The Hall–Kier alpha value is -3.98. The minimum absolute atomic E-state index is 0.0171. The minimum atomic E-state index is -0.414. The van der Waals surface area contributed by atoms with Crippen molar-refractivity contribution in [3.8, 4) is 11.4 Å². The molecule has 0 spiro atoms. The molecule has 0 bridgehead atoms. The number of carbonyl (C=O) groups excluding carboxylic acids is 2. The van der Waals surface area contributed by atoms with Crippen molar-refractivity contribution >= 4 is 35.0 Å². The van der Waals surface area contributed by atoms with Gasteiger partial charge in [0.25, 0.3) is 5.91 Å². The van der Waals surface area contributed by atoms with Gasteiger partial charge in [-0.05, 0) is 36.4 Å². The second kappa shape index (κ2) is 9.88. The van der Waals surface area contributed by atoms with Gasteiger partial charge >= 0.3 is 0 Å². The molecule has 32 heavy (non-hydrogen) atoms. The molecule has 0 saturated heterocycles. The summed E-state index contributed by atoms with van der Waals surface area (Å²) in [5, 5.41) is 12.6. The highest BCUT2D eigenvalue weighted by Gasteiger charge is 2.15. The third-order valence-electron chi connectivity index (χ3n) is 4.40. The first-order valence-electron chi connectivity index (χ1n) is 9.65. The van der Waals surface area contributed by atoms with Gasteiger partial charge in [0.15, 0.2) is 5.82 Å². The molecule has 0 aliphatic rings. The number of halogens is 1. The smallest absolute Gasteiger partial charge is 0.257 e. The standard InChI is InChI=1S/C23H18FN5O2S/c24-18-12-6-4-10-16(18)21-27-23(29-28-21)32-14-20(30)26-19-13-7-5-11-17(19)22(31)25-15-8-2-1-3-9-15/h1-13H,14H2,(H,25,31)(H,26,30)(H,27,28,29). The molecule has 0 saturated carbocycles. The lowest BCUT2D eigenvalue weighted by molar-refractivity contribution is -0.113. The number of thioether (sulfide) groups is 1. The third-order valence-corrected chi connectivity index (χ3v) is 5.25. The predicted octanol–water partition coefficient (Wildman–Crippen LogP) is 4.59. The van der Waals surface area contributed by atoms with Crippen LogP contribution in [0.3, 0.4) is 0 Å². The Bertz CT molecular complexity index is 1250. The highest BCUT2D eigenvalue weighted by atomic mass is 32.2. The number of anilines is 2. The van der Waals surface area contributed by atoms with Crippen LogP contribution in [-0.4, -0.2) is 32.7 Å². The van der Waals surface area contributed by atoms with Crippen molar-refractivity contribution in [2.24, 2.45) is 0 Å². The number of aromatic amines is 1. The number of benzene rings is 3. The van der Waals surface area contributed by atoms with Crippen LogP contribution in [0.5, 0.6) is 0 Å². The van der Waals surface area contributed by atoms with E-state index in [-0.39, 0.29) is 23.4 Å². The Kier molecular flexibility index (Phi) is 6.57. The first-order valence-corrected chi connectivity index (χ1v) is 10.6. The van der Waals surface area contributed by atoms with Crippen molar-refractivity contribution in [3.05, 3.63) is 90.2 Å². The van der Waals surface area contributed by atoms with Crippen LogP contribution in [0.2, 0.25) is 0 Å². The highest BCUT2D eigenvalue weighted by molar-refractivity contribution is 7.99. The SMILES string of the molecule is O=C(CSc1n[nH]c(-c2ccccc2F)n1)Nc1ccccc1C(=O)Nc1ccccc1. The van der Waals surface area contributed by atoms with E-state index in [1.54, 1.807) is 54.6 Å². The monoisotopic (exact) mass is 447 g/mol. The third kappa shape index (κ3) is 5.19. The van der Waals surface area contributed by atoms with Crippen molar-refractivity contribution in [2.45, 2.75) is 5.16 Å². The summed E-state index contributed by atoms with van der Waals surface area (Å²) >= 11 is 1.10. The summed E-state index contributed by atoms with van der Waals surface area (Å²) in [5.74, 6) is -0.767. The first-order chi connectivity index (χ1) is 15.6. The number of rotatable bonds is 7. The van der Waals surface area contributed by atoms with Gasteiger partial charge in [0.05, 0.1) is 22.6 Å². The van der Waals surface area contributed by atoms with Gasteiger partial charge in [0, 0.05) is 5.69 Å². The predicted molar refractivity (Wildman–Crippen MR) is 122 cm³/mol. The van der Waals surface area contributed by atoms with E-state index in [2.05, 4.69) is 25.8 Å². The molecule has 4 aromatic rings. The lowest BCUT2D eigenvalue weighted by Crippen LogP contribution is -2.19. The van der Waals surface area contributed by atoms with Crippen LogP contribution in [0.4, 0.5) is 15.8 Å². The molecule has 0 unspecified atom stereocenters. The number of para-hydroxylation sites is 2. The Balaban J connectivity index is 1.38. The van der Waals surface area contributed by atoms with E-state index in [1.807, 2.05) is 18.2 Å². The van der Waals surface area contributed by atoms with Crippen LogP contribution in [0, 0.1) is 5.82 Å². The van der Waals surface area contributed by atoms with E-state index in [0.29, 0.717) is 27.7 Å². The number of hydrogen-bond donors (Lipinski definition) is 3. The molecule has 1 aromatic heterocycles. The first kappa shape index (κ1) is 21.3. The highest BCUT2D eigenvalue weighted by Crippen LogP contribution is 2.22. The molecule has 3 aromatic carbocycles. The lowest BCUT2D eigenvalue weighted by atomic mass is 10.1. The second-order valence-corrected chi connectivity index (χ2v) is 7.59. The second-order valence-electron chi connectivity index (χ2n) is 6.65. The summed E-state index contributed by atoms with van der Waals surface area (Å²) in [5.41, 5.74) is 1.70. The largest absolute Gasteiger partial charge is 0.325 e. The normalized spacial score (nSPS) is 10.5. The zero-order valence-electron chi connectivity index (χ0n) is 16.7. The Morgan fingerprint density at radius 1 is 0.906 bits per heavy atom. The van der Waals surface area contributed by atoms with Crippen LogP contribution >= 0.6 is 11.8 Å². The van der Waals surface area contributed by atoms with Crippen LogP contribution < -0.4 is 10.6 Å². The van der Waals surface area contributed by atoms with Crippen LogP contribution in [0.25, 0.3) is 11.4 Å². The molecule has 9 heteroatoms. The summed E-state index contributed by atoms with van der Waals surface area (Å²) in [4.78, 5) is 29.3. The fraction of sp³-hybridized carbons (Fsp3) is 0.0435. The maximum absolute atomic E-state index is 13.9. The quantitative estimate of drug-likeness (QED) is 0.360. The van der Waals surface area contributed by atoms with Crippen LogP contribution in [0.1, 0.15) is 10.4 Å². The summed E-state index contributed by atoms with van der Waals surface area (Å²) in [6.45, 7) is 0. The van der Waals surface area contributed by atoms with Gasteiger partial charge in [-0.1, -0.05) is 54.2 Å². The number of hydrogen-bond acceptors (Lipinski definition) is 5. The molecule has 1 heterocycles. The number of nitrogens with one attached hydrogen (secondary N) is 3. The maximum atomic E-state index is 13.9. The van der Waals surface area contributed by atoms with Crippen LogP contribution in [-0.2, 0) is 4.79 Å². The summed E-state index contributed by atoms with van der Waals surface area (Å²) in [6, 6.07) is 22.0. The topological polar surface area (TPSA) is 99.8 Å². The van der Waals surface area contributed by atoms with E-state index in [1.165, 1.54) is 6.07 Å². The van der Waals surface area contributed by atoms with Crippen molar-refractivity contribution in [1.29, 1.82) is 0 Å². The number of H-pyrrole nitrogens is 1. The van der Waals surface area contributed by atoms with E-state index in [4.69, 9.17) is 0 Å². The Morgan fingerprint density at radius 2 is 1.62 bits per heavy atom. The molecular weight excluding hydrogens is 429 g/mol. The molecule has 4 rings (SSSR count). The van der Waals surface area contributed by atoms with Gasteiger partial charge in [0.2, 0.25) is 11.1 Å². The van der Waals surface area contributed by atoms with Gasteiger partial charge in [-0.15, -0.1) is 5.10 Å². The number of amides is 2. The average molecular weight is 447 g/mol. The summed E-state index contributed by atoms with van der Waals surface area (Å²) < 4.78 is 13.9. The fourth-order valence-corrected chi connectivity index (χ4v) is 3.51. The van der Waals surface area contributed by atoms with Gasteiger partial charge in [-0.25, -0.2) is 9.37 Å². The zero-order chi connectivity index (χ0) is 22.3. The molecule has 0 aliphatic heterocycles. The molecule has 3 N–H and O–H groups in total. The van der Waals surface area contributed by atoms with Gasteiger partial charge in [-0.2, -0.15) is 0 Å². The molecule has 0 radical (unpaired) electrons.